The molecule has 0 radical (unpaired) electrons. The predicted octanol–water partition coefficient (Wildman–Crippen LogP) is 4.20. The van der Waals surface area contributed by atoms with Crippen LogP contribution in [-0.2, 0) is 13.1 Å². The molecule has 0 aliphatic rings. The monoisotopic (exact) mass is 486 g/mol. The van der Waals surface area contributed by atoms with Crippen LogP contribution in [0.25, 0.3) is 0 Å². The Morgan fingerprint density at radius 3 is 2.73 bits per heavy atom. The average Bonchev–Trinajstić information content (AvgIpc) is 2.94. The standard InChI is InChI=1S/C19H26N4OS.HI/c1-5-11-24-17-10-8-7-9-16(17)12-21-19(20-6-2)22-13-18-23-14(3)15(4)25-18;/h5,7-10H,1,6,11-13H2,2-4H3,(H2,20,21,22);1H. The lowest BCUT2D eigenvalue weighted by Crippen LogP contribution is -2.36. The van der Waals surface area contributed by atoms with Gasteiger partial charge >= 0.3 is 0 Å². The fraction of sp³-hybridized carbons (Fsp3) is 0.368. The second-order valence-corrected chi connectivity index (χ2v) is 6.79. The molecule has 1 aromatic carbocycles. The fourth-order valence-corrected chi connectivity index (χ4v) is 3.08. The lowest BCUT2D eigenvalue weighted by Gasteiger charge is -2.12. The van der Waals surface area contributed by atoms with Gasteiger partial charge in [0.15, 0.2) is 5.96 Å². The second-order valence-electron chi connectivity index (χ2n) is 5.51. The van der Waals surface area contributed by atoms with Gasteiger partial charge in [0.1, 0.15) is 17.4 Å². The summed E-state index contributed by atoms with van der Waals surface area (Å²) >= 11 is 1.71. The van der Waals surface area contributed by atoms with Gasteiger partial charge in [0.25, 0.3) is 0 Å². The molecule has 142 valence electrons. The number of hydrogen-bond donors (Lipinski definition) is 2. The summed E-state index contributed by atoms with van der Waals surface area (Å²) in [6.07, 6.45) is 1.74. The highest BCUT2D eigenvalue weighted by molar-refractivity contribution is 14.0. The summed E-state index contributed by atoms with van der Waals surface area (Å²) < 4.78 is 5.69. The summed E-state index contributed by atoms with van der Waals surface area (Å²) in [6.45, 7) is 12.4. The molecule has 2 aromatic rings. The Bertz CT molecular complexity index is 711. The first kappa shape index (κ1) is 22.4. The van der Waals surface area contributed by atoms with Gasteiger partial charge in [0.05, 0.1) is 18.8 Å². The van der Waals surface area contributed by atoms with Crippen molar-refractivity contribution in [3.05, 3.63) is 58.1 Å². The van der Waals surface area contributed by atoms with Gasteiger partial charge in [0, 0.05) is 17.0 Å². The van der Waals surface area contributed by atoms with Gasteiger partial charge in [-0.3, -0.25) is 0 Å². The van der Waals surface area contributed by atoms with E-state index in [1.807, 2.05) is 31.2 Å². The summed E-state index contributed by atoms with van der Waals surface area (Å²) in [5.74, 6) is 1.61. The van der Waals surface area contributed by atoms with Crippen LogP contribution in [0.1, 0.15) is 28.1 Å². The van der Waals surface area contributed by atoms with E-state index in [2.05, 4.69) is 41.0 Å². The van der Waals surface area contributed by atoms with E-state index < -0.39 is 0 Å². The van der Waals surface area contributed by atoms with Crippen molar-refractivity contribution in [2.45, 2.75) is 33.9 Å². The molecule has 1 heterocycles. The average molecular weight is 486 g/mol. The van der Waals surface area contributed by atoms with Crippen molar-refractivity contribution < 1.29 is 4.74 Å². The maximum atomic E-state index is 5.69. The molecule has 2 rings (SSSR count). The van der Waals surface area contributed by atoms with Gasteiger partial charge < -0.3 is 15.4 Å². The van der Waals surface area contributed by atoms with Gasteiger partial charge in [-0.2, -0.15) is 0 Å². The Kier molecular flexibility index (Phi) is 10.3. The number of hydrogen-bond acceptors (Lipinski definition) is 4. The zero-order valence-electron chi connectivity index (χ0n) is 15.5. The van der Waals surface area contributed by atoms with Crippen molar-refractivity contribution in [3.8, 4) is 5.75 Å². The SMILES string of the molecule is C=CCOc1ccccc1CN=C(NCC)NCc1nc(C)c(C)s1.I. The molecule has 0 fully saturated rings. The topological polar surface area (TPSA) is 58.5 Å². The summed E-state index contributed by atoms with van der Waals surface area (Å²) in [5, 5.41) is 7.67. The molecule has 7 heteroatoms. The van der Waals surface area contributed by atoms with Gasteiger partial charge in [-0.15, -0.1) is 35.3 Å². The molecule has 0 bridgehead atoms. The van der Waals surface area contributed by atoms with Gasteiger partial charge in [-0.1, -0.05) is 30.9 Å². The number of thiazole rings is 1. The Balaban J connectivity index is 0.00000338. The Morgan fingerprint density at radius 2 is 2.08 bits per heavy atom. The Hall–Kier alpha value is -1.61. The number of ether oxygens (including phenoxy) is 1. The van der Waals surface area contributed by atoms with Crippen molar-refractivity contribution in [2.75, 3.05) is 13.2 Å². The third-order valence-electron chi connectivity index (χ3n) is 3.56. The molecule has 26 heavy (non-hydrogen) atoms. The number of nitrogens with zero attached hydrogens (tertiary/aromatic N) is 2. The Morgan fingerprint density at radius 1 is 1.31 bits per heavy atom. The molecule has 0 aliphatic carbocycles. The first-order valence-electron chi connectivity index (χ1n) is 8.40. The maximum absolute atomic E-state index is 5.69. The summed E-state index contributed by atoms with van der Waals surface area (Å²) in [7, 11) is 0. The lowest BCUT2D eigenvalue weighted by molar-refractivity contribution is 0.359. The zero-order valence-corrected chi connectivity index (χ0v) is 18.7. The molecule has 0 aliphatic heterocycles. The van der Waals surface area contributed by atoms with E-state index in [4.69, 9.17) is 4.74 Å². The molecule has 5 nitrogen and oxygen atoms in total. The number of nitrogens with one attached hydrogen (secondary N) is 2. The van der Waals surface area contributed by atoms with Crippen LogP contribution in [-0.4, -0.2) is 24.1 Å². The van der Waals surface area contributed by atoms with Gasteiger partial charge in [-0.05, 0) is 26.8 Å². The minimum absolute atomic E-state index is 0. The van der Waals surface area contributed by atoms with Crippen LogP contribution in [0.4, 0.5) is 0 Å². The molecule has 1 aromatic heterocycles. The highest BCUT2D eigenvalue weighted by atomic mass is 127. The number of aliphatic imine (C=N–C) groups is 1. The van der Waals surface area contributed by atoms with Crippen LogP contribution in [0.5, 0.6) is 5.75 Å². The van der Waals surface area contributed by atoms with Crippen molar-refractivity contribution in [3.63, 3.8) is 0 Å². The molecule has 0 saturated heterocycles. The van der Waals surface area contributed by atoms with Crippen LogP contribution in [0.2, 0.25) is 0 Å². The molecular weight excluding hydrogens is 459 g/mol. The molecule has 0 amide bonds. The normalized spacial score (nSPS) is 10.8. The van der Waals surface area contributed by atoms with Crippen LogP contribution < -0.4 is 15.4 Å². The van der Waals surface area contributed by atoms with E-state index in [1.54, 1.807) is 17.4 Å². The number of halogens is 1. The highest BCUT2D eigenvalue weighted by Gasteiger charge is 2.06. The highest BCUT2D eigenvalue weighted by Crippen LogP contribution is 2.19. The first-order chi connectivity index (χ1) is 12.1. The number of benzene rings is 1. The van der Waals surface area contributed by atoms with Crippen molar-refractivity contribution in [1.82, 2.24) is 15.6 Å². The van der Waals surface area contributed by atoms with Crippen LogP contribution >= 0.6 is 35.3 Å². The number of guanidine groups is 1. The summed E-state index contributed by atoms with van der Waals surface area (Å²) in [5.41, 5.74) is 2.14. The molecule has 0 spiro atoms. The van der Waals surface area contributed by atoms with E-state index >= 15 is 0 Å². The molecule has 0 atom stereocenters. The van der Waals surface area contributed by atoms with Crippen molar-refractivity contribution in [1.29, 1.82) is 0 Å². The molecule has 0 saturated carbocycles. The fourth-order valence-electron chi connectivity index (χ4n) is 2.20. The minimum Gasteiger partial charge on any atom is -0.489 e. The first-order valence-corrected chi connectivity index (χ1v) is 9.22. The number of aromatic nitrogens is 1. The number of para-hydroxylation sites is 1. The molecule has 0 unspecified atom stereocenters. The summed E-state index contributed by atoms with van der Waals surface area (Å²) in [6, 6.07) is 7.93. The minimum atomic E-state index is 0. The zero-order chi connectivity index (χ0) is 18.1. The van der Waals surface area contributed by atoms with Gasteiger partial charge in [0.2, 0.25) is 0 Å². The van der Waals surface area contributed by atoms with Gasteiger partial charge in [-0.25, -0.2) is 9.98 Å². The van der Waals surface area contributed by atoms with E-state index in [0.717, 1.165) is 34.5 Å². The number of rotatable bonds is 8. The second kappa shape index (κ2) is 11.9. The predicted molar refractivity (Wildman–Crippen MR) is 121 cm³/mol. The largest absolute Gasteiger partial charge is 0.489 e. The lowest BCUT2D eigenvalue weighted by atomic mass is 10.2. The third kappa shape index (κ3) is 6.95. The molecule has 2 N–H and O–H groups in total. The quantitative estimate of drug-likeness (QED) is 0.254. The van der Waals surface area contributed by atoms with Crippen molar-refractivity contribution >= 4 is 41.3 Å². The molecular formula is C19H27IN4OS. The van der Waals surface area contributed by atoms with E-state index in [1.165, 1.54) is 4.88 Å². The van der Waals surface area contributed by atoms with Crippen LogP contribution in [0.15, 0.2) is 41.9 Å². The van der Waals surface area contributed by atoms with E-state index in [-0.39, 0.29) is 24.0 Å². The van der Waals surface area contributed by atoms with E-state index in [9.17, 15) is 0 Å². The van der Waals surface area contributed by atoms with Crippen LogP contribution in [0, 0.1) is 13.8 Å². The number of aryl methyl sites for hydroxylation is 2. The van der Waals surface area contributed by atoms with E-state index in [0.29, 0.717) is 19.7 Å². The maximum Gasteiger partial charge on any atom is 0.191 e. The Labute approximate surface area is 177 Å². The van der Waals surface area contributed by atoms with Crippen molar-refractivity contribution in [2.24, 2.45) is 4.99 Å². The van der Waals surface area contributed by atoms with Crippen LogP contribution in [0.3, 0.4) is 0 Å². The smallest absolute Gasteiger partial charge is 0.191 e. The third-order valence-corrected chi connectivity index (χ3v) is 4.63. The summed E-state index contributed by atoms with van der Waals surface area (Å²) in [4.78, 5) is 10.5.